The number of rotatable bonds is 7. The molecule has 1 nitrogen and oxygen atoms in total. The molecule has 2 rings (SSSR count). The Bertz CT molecular complexity index is 482. The third-order valence-electron chi connectivity index (χ3n) is 2.96. The van der Waals surface area contributed by atoms with Crippen molar-refractivity contribution in [3.8, 4) is 0 Å². The lowest BCUT2D eigenvalue weighted by molar-refractivity contribution is 0.721. The molecular formula is C17H21NS. The van der Waals surface area contributed by atoms with E-state index in [2.05, 4.69) is 66.8 Å². The largest absolute Gasteiger partial charge is 0.316 e. The number of thioether (sulfide) groups is 1. The van der Waals surface area contributed by atoms with Crippen molar-refractivity contribution in [1.82, 2.24) is 5.32 Å². The van der Waals surface area contributed by atoms with Gasteiger partial charge in [0, 0.05) is 17.2 Å². The molecule has 0 saturated heterocycles. The van der Waals surface area contributed by atoms with Crippen molar-refractivity contribution >= 4 is 11.8 Å². The van der Waals surface area contributed by atoms with Crippen LogP contribution in [0.3, 0.4) is 0 Å². The van der Waals surface area contributed by atoms with Gasteiger partial charge in [-0.2, -0.15) is 0 Å². The highest BCUT2D eigenvalue weighted by Gasteiger charge is 1.95. The SMILES string of the molecule is Cc1cccc(CCNCCSc2ccccc2)c1. The Morgan fingerprint density at radius 1 is 0.947 bits per heavy atom. The van der Waals surface area contributed by atoms with E-state index in [9.17, 15) is 0 Å². The highest BCUT2D eigenvalue weighted by molar-refractivity contribution is 7.99. The number of hydrogen-bond acceptors (Lipinski definition) is 2. The molecule has 0 amide bonds. The zero-order chi connectivity index (χ0) is 13.3. The maximum Gasteiger partial charge on any atom is 0.0106 e. The Hall–Kier alpha value is -1.25. The van der Waals surface area contributed by atoms with Gasteiger partial charge < -0.3 is 5.32 Å². The maximum atomic E-state index is 3.50. The minimum Gasteiger partial charge on any atom is -0.316 e. The lowest BCUT2D eigenvalue weighted by Crippen LogP contribution is -2.20. The second-order valence-corrected chi connectivity index (χ2v) is 5.82. The Morgan fingerprint density at radius 3 is 2.58 bits per heavy atom. The van der Waals surface area contributed by atoms with Gasteiger partial charge in [-0.15, -0.1) is 11.8 Å². The van der Waals surface area contributed by atoms with Gasteiger partial charge in [-0.3, -0.25) is 0 Å². The topological polar surface area (TPSA) is 12.0 Å². The van der Waals surface area contributed by atoms with E-state index >= 15 is 0 Å². The Morgan fingerprint density at radius 2 is 1.79 bits per heavy atom. The van der Waals surface area contributed by atoms with Crippen molar-refractivity contribution in [3.63, 3.8) is 0 Å². The van der Waals surface area contributed by atoms with E-state index in [-0.39, 0.29) is 0 Å². The van der Waals surface area contributed by atoms with Crippen LogP contribution in [0.2, 0.25) is 0 Å². The van der Waals surface area contributed by atoms with Crippen molar-refractivity contribution in [2.24, 2.45) is 0 Å². The first-order chi connectivity index (χ1) is 9.34. The van der Waals surface area contributed by atoms with Crippen LogP contribution in [-0.2, 0) is 6.42 Å². The van der Waals surface area contributed by atoms with Gasteiger partial charge in [0.25, 0.3) is 0 Å². The van der Waals surface area contributed by atoms with Crippen LogP contribution in [-0.4, -0.2) is 18.8 Å². The molecule has 2 aromatic rings. The summed E-state index contributed by atoms with van der Waals surface area (Å²) in [5.74, 6) is 1.12. The zero-order valence-corrected chi connectivity index (χ0v) is 12.2. The molecule has 0 aliphatic rings. The average molecular weight is 271 g/mol. The van der Waals surface area contributed by atoms with Crippen LogP contribution in [0.1, 0.15) is 11.1 Å². The fraction of sp³-hybridized carbons (Fsp3) is 0.294. The van der Waals surface area contributed by atoms with E-state index < -0.39 is 0 Å². The maximum absolute atomic E-state index is 3.50. The zero-order valence-electron chi connectivity index (χ0n) is 11.4. The molecule has 100 valence electrons. The van der Waals surface area contributed by atoms with Crippen molar-refractivity contribution < 1.29 is 0 Å². The number of hydrogen-bond donors (Lipinski definition) is 1. The molecule has 0 heterocycles. The van der Waals surface area contributed by atoms with Crippen LogP contribution >= 0.6 is 11.8 Å². The van der Waals surface area contributed by atoms with E-state index in [1.807, 2.05) is 11.8 Å². The van der Waals surface area contributed by atoms with Gasteiger partial charge in [0.2, 0.25) is 0 Å². The van der Waals surface area contributed by atoms with Crippen LogP contribution < -0.4 is 5.32 Å². The Balaban J connectivity index is 1.58. The van der Waals surface area contributed by atoms with E-state index in [0.717, 1.165) is 25.3 Å². The third kappa shape index (κ3) is 5.50. The van der Waals surface area contributed by atoms with E-state index in [1.165, 1.54) is 16.0 Å². The first kappa shape index (κ1) is 14.2. The van der Waals surface area contributed by atoms with Crippen molar-refractivity contribution in [2.75, 3.05) is 18.8 Å². The smallest absolute Gasteiger partial charge is 0.0106 e. The van der Waals surface area contributed by atoms with E-state index in [0.29, 0.717) is 0 Å². The van der Waals surface area contributed by atoms with Crippen LogP contribution in [0, 0.1) is 6.92 Å². The molecule has 2 heteroatoms. The summed E-state index contributed by atoms with van der Waals surface area (Å²) >= 11 is 1.91. The summed E-state index contributed by atoms with van der Waals surface area (Å²) in [5, 5.41) is 3.50. The third-order valence-corrected chi connectivity index (χ3v) is 3.98. The number of benzene rings is 2. The molecule has 0 saturated carbocycles. The van der Waals surface area contributed by atoms with Crippen LogP contribution in [0.4, 0.5) is 0 Å². The summed E-state index contributed by atoms with van der Waals surface area (Å²) in [6, 6.07) is 19.3. The first-order valence-corrected chi connectivity index (χ1v) is 7.77. The van der Waals surface area contributed by atoms with Gasteiger partial charge in [0.05, 0.1) is 0 Å². The Labute approximate surface area is 120 Å². The molecule has 2 aromatic carbocycles. The highest BCUT2D eigenvalue weighted by Crippen LogP contribution is 2.15. The van der Waals surface area contributed by atoms with Crippen LogP contribution in [0.5, 0.6) is 0 Å². The molecule has 0 aliphatic carbocycles. The first-order valence-electron chi connectivity index (χ1n) is 6.79. The fourth-order valence-electron chi connectivity index (χ4n) is 1.98. The van der Waals surface area contributed by atoms with Gasteiger partial charge in [0.1, 0.15) is 0 Å². The minimum atomic E-state index is 1.05. The number of aryl methyl sites for hydroxylation is 1. The van der Waals surface area contributed by atoms with Crippen molar-refractivity contribution in [3.05, 3.63) is 65.7 Å². The minimum absolute atomic E-state index is 1.05. The fourth-order valence-corrected chi connectivity index (χ4v) is 2.81. The summed E-state index contributed by atoms with van der Waals surface area (Å²) < 4.78 is 0. The van der Waals surface area contributed by atoms with Crippen LogP contribution in [0.15, 0.2) is 59.5 Å². The molecular weight excluding hydrogens is 250 g/mol. The molecule has 0 fully saturated rings. The predicted octanol–water partition coefficient (Wildman–Crippen LogP) is 3.92. The normalized spacial score (nSPS) is 10.6. The lowest BCUT2D eigenvalue weighted by Gasteiger charge is -2.05. The summed E-state index contributed by atoms with van der Waals surface area (Å²) in [7, 11) is 0. The number of nitrogens with one attached hydrogen (secondary N) is 1. The van der Waals surface area contributed by atoms with Crippen molar-refractivity contribution in [1.29, 1.82) is 0 Å². The van der Waals surface area contributed by atoms with Gasteiger partial charge >= 0.3 is 0 Å². The molecule has 0 spiro atoms. The molecule has 0 aromatic heterocycles. The highest BCUT2D eigenvalue weighted by atomic mass is 32.2. The summed E-state index contributed by atoms with van der Waals surface area (Å²) in [6.07, 6.45) is 1.11. The molecule has 0 unspecified atom stereocenters. The van der Waals surface area contributed by atoms with Gasteiger partial charge in [-0.05, 0) is 37.6 Å². The standard InChI is InChI=1S/C17H21NS/c1-15-6-5-7-16(14-15)10-11-18-12-13-19-17-8-3-2-4-9-17/h2-9,14,18H,10-13H2,1H3. The molecule has 0 aliphatic heterocycles. The lowest BCUT2D eigenvalue weighted by atomic mass is 10.1. The quantitative estimate of drug-likeness (QED) is 0.605. The van der Waals surface area contributed by atoms with E-state index in [4.69, 9.17) is 0 Å². The summed E-state index contributed by atoms with van der Waals surface area (Å²) in [5.41, 5.74) is 2.76. The molecule has 1 N–H and O–H groups in total. The second kappa shape index (κ2) is 8.03. The summed E-state index contributed by atoms with van der Waals surface area (Å²) in [4.78, 5) is 1.35. The molecule has 0 atom stereocenters. The second-order valence-electron chi connectivity index (χ2n) is 4.65. The Kier molecular flexibility index (Phi) is 5.99. The predicted molar refractivity (Wildman–Crippen MR) is 84.9 cm³/mol. The van der Waals surface area contributed by atoms with E-state index in [1.54, 1.807) is 0 Å². The molecule has 0 radical (unpaired) electrons. The molecule has 0 bridgehead atoms. The van der Waals surface area contributed by atoms with Gasteiger partial charge in [-0.1, -0.05) is 48.0 Å². The van der Waals surface area contributed by atoms with Gasteiger partial charge in [-0.25, -0.2) is 0 Å². The van der Waals surface area contributed by atoms with Gasteiger partial charge in [0.15, 0.2) is 0 Å². The summed E-state index contributed by atoms with van der Waals surface area (Å²) in [6.45, 7) is 4.26. The average Bonchev–Trinajstić information content (AvgIpc) is 2.44. The monoisotopic (exact) mass is 271 g/mol. The molecule has 19 heavy (non-hydrogen) atoms. The van der Waals surface area contributed by atoms with Crippen LogP contribution in [0.25, 0.3) is 0 Å². The van der Waals surface area contributed by atoms with Crippen molar-refractivity contribution in [2.45, 2.75) is 18.2 Å².